The van der Waals surface area contributed by atoms with E-state index in [0.717, 1.165) is 60.5 Å². The highest BCUT2D eigenvalue weighted by Gasteiger charge is 2.39. The molecule has 3 fully saturated rings. The Bertz CT molecular complexity index is 1610. The third-order valence-electron chi connectivity index (χ3n) is 8.83. The number of nitrogen functional groups attached to an aromatic ring is 1. The molecule has 1 amide bonds. The molecular formula is C31H33N7O2. The Hall–Kier alpha value is -4.11. The smallest absolute Gasteiger partial charge is 0.222 e. The zero-order chi connectivity index (χ0) is 27.4. The quantitative estimate of drug-likeness (QED) is 0.272. The van der Waals surface area contributed by atoms with E-state index in [2.05, 4.69) is 28.3 Å². The fourth-order valence-corrected chi connectivity index (χ4v) is 6.54. The number of nitrogens with zero attached hydrogens (tertiary/aromatic N) is 5. The summed E-state index contributed by atoms with van der Waals surface area (Å²) >= 11 is 0. The van der Waals surface area contributed by atoms with E-state index in [0.29, 0.717) is 30.4 Å². The third-order valence-corrected chi connectivity index (χ3v) is 8.83. The van der Waals surface area contributed by atoms with E-state index in [4.69, 9.17) is 10.7 Å². The molecule has 6 heterocycles. The normalized spacial score (nSPS) is 22.9. The molecule has 40 heavy (non-hydrogen) atoms. The number of benzene rings is 1. The van der Waals surface area contributed by atoms with Gasteiger partial charge < -0.3 is 16.0 Å². The molecule has 0 radical (unpaired) electrons. The number of piperidine rings is 1. The summed E-state index contributed by atoms with van der Waals surface area (Å²) in [7, 11) is 0. The molecule has 0 bridgehead atoms. The van der Waals surface area contributed by atoms with E-state index in [1.54, 1.807) is 12.4 Å². The third kappa shape index (κ3) is 4.25. The number of pyridine rings is 1. The Kier molecular flexibility index (Phi) is 6.11. The van der Waals surface area contributed by atoms with Gasteiger partial charge in [-0.05, 0) is 43.4 Å². The maximum Gasteiger partial charge on any atom is 0.222 e. The van der Waals surface area contributed by atoms with Gasteiger partial charge in [0.1, 0.15) is 22.9 Å². The van der Waals surface area contributed by atoms with Gasteiger partial charge in [0.15, 0.2) is 5.78 Å². The molecule has 204 valence electrons. The van der Waals surface area contributed by atoms with E-state index in [9.17, 15) is 9.59 Å². The number of rotatable bonds is 7. The van der Waals surface area contributed by atoms with Crippen molar-refractivity contribution in [2.24, 2.45) is 0 Å². The molecule has 9 heteroatoms. The number of carbonyl (C=O) groups excluding carboxylic acids is 2. The number of fused-ring (bicyclic) bond motifs is 2. The monoisotopic (exact) mass is 535 g/mol. The minimum Gasteiger partial charge on any atom is -0.382 e. The molecule has 3 N–H and O–H groups in total. The first-order valence-electron chi connectivity index (χ1n) is 14.3. The van der Waals surface area contributed by atoms with Gasteiger partial charge in [-0.1, -0.05) is 31.2 Å². The van der Waals surface area contributed by atoms with E-state index < -0.39 is 0 Å². The summed E-state index contributed by atoms with van der Waals surface area (Å²) in [5.41, 5.74) is 11.4. The highest BCUT2D eigenvalue weighted by Crippen LogP contribution is 2.38. The average Bonchev–Trinajstić information content (AvgIpc) is 3.64. The van der Waals surface area contributed by atoms with Crippen LogP contribution in [0.1, 0.15) is 71.9 Å². The van der Waals surface area contributed by atoms with Crippen LogP contribution in [0.3, 0.4) is 0 Å². The lowest BCUT2D eigenvalue weighted by Gasteiger charge is -2.34. The lowest BCUT2D eigenvalue weighted by Crippen LogP contribution is -2.41. The second kappa shape index (κ2) is 9.82. The number of carbonyl (C=O) groups is 2. The van der Waals surface area contributed by atoms with Crippen LogP contribution in [0, 0.1) is 0 Å². The molecule has 1 aromatic carbocycles. The van der Waals surface area contributed by atoms with Crippen molar-refractivity contribution >= 4 is 23.0 Å². The van der Waals surface area contributed by atoms with Crippen molar-refractivity contribution in [3.63, 3.8) is 0 Å². The van der Waals surface area contributed by atoms with Crippen LogP contribution in [-0.2, 0) is 11.2 Å². The number of Topliss-reactive ketones (excluding diaryl/α,β-unsaturated/α-hetero) is 1. The van der Waals surface area contributed by atoms with Crippen molar-refractivity contribution in [2.45, 2.75) is 62.9 Å². The summed E-state index contributed by atoms with van der Waals surface area (Å²) in [5, 5.41) is 3.32. The van der Waals surface area contributed by atoms with Crippen molar-refractivity contribution in [3.8, 4) is 11.3 Å². The van der Waals surface area contributed by atoms with E-state index >= 15 is 0 Å². The van der Waals surface area contributed by atoms with Gasteiger partial charge in [-0.15, -0.1) is 0 Å². The Morgan fingerprint density at radius 3 is 2.73 bits per heavy atom. The molecule has 3 aliphatic rings. The van der Waals surface area contributed by atoms with Crippen LogP contribution in [0.4, 0.5) is 5.82 Å². The Morgan fingerprint density at radius 2 is 1.95 bits per heavy atom. The number of nitrogens with two attached hydrogens (primary N) is 1. The fraction of sp³-hybridized carbons (Fsp3) is 0.387. The van der Waals surface area contributed by atoms with Gasteiger partial charge in [0.2, 0.25) is 5.91 Å². The van der Waals surface area contributed by atoms with Crippen LogP contribution < -0.4 is 11.1 Å². The van der Waals surface area contributed by atoms with Crippen molar-refractivity contribution in [1.29, 1.82) is 0 Å². The number of anilines is 1. The highest BCUT2D eigenvalue weighted by atomic mass is 16.2. The molecule has 0 spiro atoms. The van der Waals surface area contributed by atoms with Gasteiger partial charge in [0.05, 0.1) is 11.6 Å². The topological polar surface area (TPSA) is 128 Å². The summed E-state index contributed by atoms with van der Waals surface area (Å²) in [6.45, 7) is 3.60. The molecule has 3 aromatic heterocycles. The summed E-state index contributed by atoms with van der Waals surface area (Å²) in [4.78, 5) is 42.2. The van der Waals surface area contributed by atoms with Crippen molar-refractivity contribution in [3.05, 3.63) is 77.6 Å². The van der Waals surface area contributed by atoms with Crippen LogP contribution in [0.25, 0.3) is 16.8 Å². The minimum atomic E-state index is -0.319. The van der Waals surface area contributed by atoms with Gasteiger partial charge in [0, 0.05) is 67.2 Å². The van der Waals surface area contributed by atoms with Crippen LogP contribution in [-0.4, -0.2) is 61.1 Å². The summed E-state index contributed by atoms with van der Waals surface area (Å²) < 4.78 is 2.03. The zero-order valence-corrected chi connectivity index (χ0v) is 22.6. The summed E-state index contributed by atoms with van der Waals surface area (Å²) in [6, 6.07) is 12.2. The van der Waals surface area contributed by atoms with Crippen molar-refractivity contribution in [2.75, 3.05) is 18.8 Å². The number of hydrogen-bond acceptors (Lipinski definition) is 7. The molecule has 4 atom stereocenters. The molecule has 0 aliphatic carbocycles. The average molecular weight is 536 g/mol. The standard InChI is InChI=1S/C31H33N7O2/c1-2-18-11-12-33-23(15-18)26(24-16-35-24)29(40)20-5-3-19(4-6-20)27-28-30(32)34-13-14-37(28)31(36-27)21-7-8-22-9-10-25(39)38(22)17-21/h3-6,11-15,21-22,24,26,35H,2,7-10,16-17H2,1H3,(H2,32,34)/t21-,22+,24?,26?/m1/s1. The van der Waals surface area contributed by atoms with Crippen LogP contribution >= 0.6 is 0 Å². The molecule has 0 saturated carbocycles. The van der Waals surface area contributed by atoms with Gasteiger partial charge >= 0.3 is 0 Å². The summed E-state index contributed by atoms with van der Waals surface area (Å²) in [5.74, 6) is 1.42. The first-order chi connectivity index (χ1) is 19.5. The molecular weight excluding hydrogens is 502 g/mol. The number of imidazole rings is 1. The maximum atomic E-state index is 13.7. The number of hydrogen-bond donors (Lipinski definition) is 2. The predicted molar refractivity (Wildman–Crippen MR) is 152 cm³/mol. The van der Waals surface area contributed by atoms with Crippen molar-refractivity contribution in [1.82, 2.24) is 29.6 Å². The van der Waals surface area contributed by atoms with Gasteiger partial charge in [-0.3, -0.25) is 19.0 Å². The number of aromatic nitrogens is 4. The Labute approximate surface area is 232 Å². The van der Waals surface area contributed by atoms with Crippen LogP contribution in [0.2, 0.25) is 0 Å². The van der Waals surface area contributed by atoms with Crippen LogP contribution in [0.15, 0.2) is 55.0 Å². The molecule has 4 aromatic rings. The maximum absolute atomic E-state index is 13.7. The largest absolute Gasteiger partial charge is 0.382 e. The van der Waals surface area contributed by atoms with Gasteiger partial charge in [0.25, 0.3) is 0 Å². The molecule has 3 aliphatic heterocycles. The molecule has 3 saturated heterocycles. The second-order valence-corrected chi connectivity index (χ2v) is 11.2. The van der Waals surface area contributed by atoms with E-state index in [-0.39, 0.29) is 29.6 Å². The Morgan fingerprint density at radius 1 is 1.12 bits per heavy atom. The predicted octanol–water partition coefficient (Wildman–Crippen LogP) is 3.74. The lowest BCUT2D eigenvalue weighted by atomic mass is 9.89. The zero-order valence-electron chi connectivity index (χ0n) is 22.6. The fourth-order valence-electron chi connectivity index (χ4n) is 6.54. The highest BCUT2D eigenvalue weighted by molar-refractivity contribution is 6.02. The molecule has 2 unspecified atom stereocenters. The SMILES string of the molecule is CCc1ccnc(C(C(=O)c2ccc(-c3nc([C@@H]4CC[C@H]5CCC(=O)N5C4)n4ccnc(N)c34)cc2)C2CN2)c1. The van der Waals surface area contributed by atoms with Crippen molar-refractivity contribution < 1.29 is 9.59 Å². The lowest BCUT2D eigenvalue weighted by molar-refractivity contribution is -0.130. The Balaban J connectivity index is 1.21. The van der Waals surface area contributed by atoms with Crippen LogP contribution in [0.5, 0.6) is 0 Å². The first kappa shape index (κ1) is 24.9. The first-order valence-corrected chi connectivity index (χ1v) is 14.3. The van der Waals surface area contributed by atoms with Gasteiger partial charge in [-0.2, -0.15) is 0 Å². The molecule has 7 rings (SSSR count). The number of ketones is 1. The molecule has 9 nitrogen and oxygen atoms in total. The minimum absolute atomic E-state index is 0.0610. The van der Waals surface area contributed by atoms with E-state index in [1.165, 1.54) is 5.56 Å². The second-order valence-electron chi connectivity index (χ2n) is 11.2. The summed E-state index contributed by atoms with van der Waals surface area (Å²) in [6.07, 6.45) is 9.86. The number of nitrogens with one attached hydrogen (secondary N) is 1. The van der Waals surface area contributed by atoms with Gasteiger partial charge in [-0.25, -0.2) is 9.97 Å². The number of amides is 1. The van der Waals surface area contributed by atoms with E-state index in [1.807, 2.05) is 45.8 Å². The number of aryl methyl sites for hydroxylation is 1.